The first-order valence-corrected chi connectivity index (χ1v) is 9.35. The van der Waals surface area contributed by atoms with Crippen molar-refractivity contribution >= 4 is 5.91 Å². The summed E-state index contributed by atoms with van der Waals surface area (Å²) in [7, 11) is 0. The highest BCUT2D eigenvalue weighted by Gasteiger charge is 2.30. The molecular formula is C21H21FN4O2. The fourth-order valence-electron chi connectivity index (χ4n) is 3.59. The van der Waals surface area contributed by atoms with Gasteiger partial charge in [-0.1, -0.05) is 18.6 Å². The number of para-hydroxylation sites is 1. The molecule has 4 rings (SSSR count). The second-order valence-electron chi connectivity index (χ2n) is 6.87. The summed E-state index contributed by atoms with van der Waals surface area (Å²) in [6.07, 6.45) is 6.08. The van der Waals surface area contributed by atoms with Crippen molar-refractivity contribution < 1.29 is 13.9 Å². The van der Waals surface area contributed by atoms with E-state index in [1.54, 1.807) is 30.6 Å². The van der Waals surface area contributed by atoms with Crippen molar-refractivity contribution in [3.8, 4) is 11.4 Å². The van der Waals surface area contributed by atoms with Crippen LogP contribution in [0.3, 0.4) is 0 Å². The van der Waals surface area contributed by atoms with Crippen LogP contribution in [-0.2, 0) is 0 Å². The third-order valence-electron chi connectivity index (χ3n) is 5.04. The van der Waals surface area contributed by atoms with Crippen LogP contribution in [0.15, 0.2) is 60.9 Å². The van der Waals surface area contributed by atoms with Gasteiger partial charge in [-0.3, -0.25) is 4.79 Å². The van der Waals surface area contributed by atoms with Crippen molar-refractivity contribution in [1.29, 1.82) is 0 Å². The molecule has 1 unspecified atom stereocenters. The predicted molar refractivity (Wildman–Crippen MR) is 102 cm³/mol. The molecule has 0 spiro atoms. The molecule has 0 bridgehead atoms. The van der Waals surface area contributed by atoms with E-state index in [-0.39, 0.29) is 23.7 Å². The third-order valence-corrected chi connectivity index (χ3v) is 5.04. The highest BCUT2D eigenvalue weighted by atomic mass is 19.1. The fraction of sp³-hybridized carbons (Fsp3) is 0.286. The van der Waals surface area contributed by atoms with Crippen LogP contribution in [-0.4, -0.2) is 33.5 Å². The number of hydrogen-bond acceptors (Lipinski definition) is 4. The number of nitrogens with one attached hydrogen (secondary N) is 1. The van der Waals surface area contributed by atoms with Crippen molar-refractivity contribution in [3.63, 3.8) is 0 Å². The van der Waals surface area contributed by atoms with Crippen LogP contribution in [0.25, 0.3) is 5.69 Å². The van der Waals surface area contributed by atoms with Gasteiger partial charge in [0.1, 0.15) is 11.6 Å². The van der Waals surface area contributed by atoms with Gasteiger partial charge in [0.05, 0.1) is 30.3 Å². The first kappa shape index (κ1) is 18.2. The van der Waals surface area contributed by atoms with Gasteiger partial charge in [0.15, 0.2) is 0 Å². The Morgan fingerprint density at radius 1 is 1.11 bits per heavy atom. The lowest BCUT2D eigenvalue weighted by Crippen LogP contribution is -2.39. The Labute approximate surface area is 162 Å². The number of hydrogen-bond donors (Lipinski definition) is 1. The molecule has 1 aromatic heterocycles. The first-order valence-electron chi connectivity index (χ1n) is 9.35. The van der Waals surface area contributed by atoms with E-state index in [1.807, 2.05) is 18.2 Å². The average Bonchev–Trinajstić information content (AvgIpc) is 3.40. The molecule has 7 heteroatoms. The van der Waals surface area contributed by atoms with Crippen LogP contribution in [0.5, 0.6) is 5.75 Å². The maximum atomic E-state index is 13.0. The van der Waals surface area contributed by atoms with Gasteiger partial charge in [-0.2, -0.15) is 15.0 Å². The zero-order valence-electron chi connectivity index (χ0n) is 15.3. The van der Waals surface area contributed by atoms with Crippen molar-refractivity contribution in [2.45, 2.75) is 25.3 Å². The van der Waals surface area contributed by atoms with Crippen LogP contribution in [0, 0.1) is 11.7 Å². The maximum absolute atomic E-state index is 13.0. The minimum Gasteiger partial charge on any atom is -0.493 e. The summed E-state index contributed by atoms with van der Waals surface area (Å²) in [5, 5.41) is 11.4. The third kappa shape index (κ3) is 4.03. The van der Waals surface area contributed by atoms with Gasteiger partial charge in [-0.25, -0.2) is 4.39 Å². The van der Waals surface area contributed by atoms with Crippen LogP contribution >= 0.6 is 0 Å². The average molecular weight is 380 g/mol. The molecule has 144 valence electrons. The van der Waals surface area contributed by atoms with Crippen molar-refractivity contribution in [2.24, 2.45) is 5.92 Å². The largest absolute Gasteiger partial charge is 0.493 e. The molecule has 1 amide bonds. The van der Waals surface area contributed by atoms with Crippen molar-refractivity contribution in [3.05, 3.63) is 72.3 Å². The van der Waals surface area contributed by atoms with Crippen LogP contribution in [0.4, 0.5) is 4.39 Å². The molecule has 28 heavy (non-hydrogen) atoms. The molecule has 0 saturated heterocycles. The molecule has 6 nitrogen and oxygen atoms in total. The summed E-state index contributed by atoms with van der Waals surface area (Å²) in [5.41, 5.74) is 1.17. The molecular weight excluding hydrogens is 359 g/mol. The second-order valence-corrected chi connectivity index (χ2v) is 6.87. The molecule has 1 aliphatic rings. The molecule has 0 radical (unpaired) electrons. The number of amides is 1. The quantitative estimate of drug-likeness (QED) is 0.712. The maximum Gasteiger partial charge on any atom is 0.253 e. The molecule has 1 heterocycles. The number of aromatic nitrogens is 3. The SMILES string of the molecule is O=C(NC1CCC[C@@H]1COc1ccc(F)cc1)c1ccccc1-n1nccn1. The number of carbonyl (C=O) groups is 1. The Morgan fingerprint density at radius 2 is 1.86 bits per heavy atom. The Kier molecular flexibility index (Phi) is 5.32. The Balaban J connectivity index is 1.42. The van der Waals surface area contributed by atoms with Gasteiger partial charge >= 0.3 is 0 Å². The van der Waals surface area contributed by atoms with Crippen molar-refractivity contribution in [1.82, 2.24) is 20.3 Å². The summed E-state index contributed by atoms with van der Waals surface area (Å²) >= 11 is 0. The molecule has 1 aliphatic carbocycles. The molecule has 2 atom stereocenters. The van der Waals surface area contributed by atoms with Crippen LogP contribution < -0.4 is 10.1 Å². The monoisotopic (exact) mass is 380 g/mol. The van der Waals surface area contributed by atoms with Gasteiger partial charge in [0.2, 0.25) is 0 Å². The van der Waals surface area contributed by atoms with Gasteiger partial charge in [0, 0.05) is 12.0 Å². The van der Waals surface area contributed by atoms with Gasteiger partial charge in [-0.15, -0.1) is 0 Å². The zero-order chi connectivity index (χ0) is 19.3. The van der Waals surface area contributed by atoms with Gasteiger partial charge in [0.25, 0.3) is 5.91 Å². The van der Waals surface area contributed by atoms with E-state index in [2.05, 4.69) is 15.5 Å². The summed E-state index contributed by atoms with van der Waals surface area (Å²) in [6.45, 7) is 0.485. The smallest absolute Gasteiger partial charge is 0.253 e. The Morgan fingerprint density at radius 3 is 2.64 bits per heavy atom. The number of rotatable bonds is 6. The lowest BCUT2D eigenvalue weighted by Gasteiger charge is -2.22. The minimum absolute atomic E-state index is 0.0339. The van der Waals surface area contributed by atoms with Crippen LogP contribution in [0.1, 0.15) is 29.6 Å². The van der Waals surface area contributed by atoms with E-state index in [0.29, 0.717) is 23.6 Å². The molecule has 1 N–H and O–H groups in total. The van der Waals surface area contributed by atoms with E-state index < -0.39 is 0 Å². The molecule has 1 saturated carbocycles. The number of halogens is 1. The highest BCUT2D eigenvalue weighted by molar-refractivity contribution is 5.97. The first-order chi connectivity index (χ1) is 13.7. The summed E-state index contributed by atoms with van der Waals surface area (Å²) in [5.74, 6) is 0.410. The normalized spacial score (nSPS) is 18.8. The number of benzene rings is 2. The van der Waals surface area contributed by atoms with Gasteiger partial charge < -0.3 is 10.1 Å². The van der Waals surface area contributed by atoms with E-state index in [9.17, 15) is 9.18 Å². The zero-order valence-corrected chi connectivity index (χ0v) is 15.3. The fourth-order valence-corrected chi connectivity index (χ4v) is 3.59. The topological polar surface area (TPSA) is 69.0 Å². The summed E-state index contributed by atoms with van der Waals surface area (Å²) in [4.78, 5) is 14.4. The molecule has 3 aromatic rings. The second kappa shape index (κ2) is 8.21. The summed E-state index contributed by atoms with van der Waals surface area (Å²) < 4.78 is 18.8. The molecule has 1 fully saturated rings. The molecule has 2 aromatic carbocycles. The van der Waals surface area contributed by atoms with Crippen molar-refractivity contribution in [2.75, 3.05) is 6.61 Å². The number of carbonyl (C=O) groups excluding carboxylic acids is 1. The molecule has 0 aliphatic heterocycles. The number of ether oxygens (including phenoxy) is 1. The highest BCUT2D eigenvalue weighted by Crippen LogP contribution is 2.27. The standard InChI is InChI=1S/C21H21FN4O2/c22-16-8-10-17(11-9-16)28-14-15-4-3-6-19(15)25-21(27)18-5-1-2-7-20(18)26-23-12-13-24-26/h1-2,5,7-13,15,19H,3-4,6,14H2,(H,25,27)/t15-,19?/m1/s1. The predicted octanol–water partition coefficient (Wildman–Crippen LogP) is 3.38. The van der Waals surface area contributed by atoms with Crippen LogP contribution in [0.2, 0.25) is 0 Å². The van der Waals surface area contributed by atoms with E-state index in [1.165, 1.54) is 16.9 Å². The number of nitrogens with zero attached hydrogens (tertiary/aromatic N) is 3. The minimum atomic E-state index is -0.288. The Hall–Kier alpha value is -3.22. The van der Waals surface area contributed by atoms with Gasteiger partial charge in [-0.05, 0) is 49.2 Å². The van der Waals surface area contributed by atoms with E-state index >= 15 is 0 Å². The summed E-state index contributed by atoms with van der Waals surface area (Å²) in [6, 6.07) is 13.3. The lowest BCUT2D eigenvalue weighted by molar-refractivity contribution is 0.0918. The van der Waals surface area contributed by atoms with E-state index in [4.69, 9.17) is 4.74 Å². The Bertz CT molecular complexity index is 928. The lowest BCUT2D eigenvalue weighted by atomic mass is 10.0. The van der Waals surface area contributed by atoms with E-state index in [0.717, 1.165) is 19.3 Å².